The van der Waals surface area contributed by atoms with Gasteiger partial charge in [0.15, 0.2) is 0 Å². The number of rotatable bonds is 9. The third kappa shape index (κ3) is 7.50. The highest BCUT2D eigenvalue weighted by molar-refractivity contribution is 7.98. The van der Waals surface area contributed by atoms with Crippen molar-refractivity contribution < 1.29 is 14.3 Å². The lowest BCUT2D eigenvalue weighted by molar-refractivity contribution is -0.148. The largest absolute Gasteiger partial charge is 0.464 e. The summed E-state index contributed by atoms with van der Waals surface area (Å²) < 4.78 is 5.25. The number of nitrogens with one attached hydrogen (secondary N) is 1. The smallest absolute Gasteiger partial charge is 0.328 e. The first-order chi connectivity index (χ1) is 10.5. The van der Waals surface area contributed by atoms with Crippen LogP contribution in [0.2, 0.25) is 0 Å². The minimum atomic E-state index is -0.567. The molecule has 1 rings (SSSR count). The number of hydrogen-bond donors (Lipinski definition) is 1. The van der Waals surface area contributed by atoms with E-state index in [4.69, 9.17) is 4.74 Å². The van der Waals surface area contributed by atoms with Crippen molar-refractivity contribution in [3.05, 3.63) is 35.9 Å². The summed E-state index contributed by atoms with van der Waals surface area (Å²) >= 11 is 1.64. The molecule has 0 aliphatic carbocycles. The molecule has 0 spiro atoms. The van der Waals surface area contributed by atoms with Crippen molar-refractivity contribution in [2.24, 2.45) is 5.92 Å². The highest BCUT2D eigenvalue weighted by atomic mass is 32.2. The standard InChI is InChI=1S/C17H25NO3S/c1-13(2)12-21-17(20)15(9-10-22-3)18-16(19)11-14-7-5-4-6-8-14/h4-8,13,15H,9-12H2,1-3H3,(H,18,19)/t15-/m0/s1. The fourth-order valence-corrected chi connectivity index (χ4v) is 2.33. The van der Waals surface area contributed by atoms with E-state index in [1.807, 2.05) is 50.4 Å². The Labute approximate surface area is 137 Å². The van der Waals surface area contributed by atoms with Gasteiger partial charge >= 0.3 is 5.97 Å². The van der Waals surface area contributed by atoms with E-state index in [1.165, 1.54) is 0 Å². The first kappa shape index (κ1) is 18.6. The number of carbonyl (C=O) groups is 2. The van der Waals surface area contributed by atoms with Crippen LogP contribution in [0.1, 0.15) is 25.8 Å². The summed E-state index contributed by atoms with van der Waals surface area (Å²) in [6.07, 6.45) is 2.83. The highest BCUT2D eigenvalue weighted by Gasteiger charge is 2.22. The lowest BCUT2D eigenvalue weighted by Crippen LogP contribution is -2.43. The molecule has 1 N–H and O–H groups in total. The molecule has 0 aliphatic rings. The molecule has 0 unspecified atom stereocenters. The molecule has 0 saturated carbocycles. The van der Waals surface area contributed by atoms with Crippen LogP contribution < -0.4 is 5.32 Å². The Hall–Kier alpha value is -1.49. The molecule has 22 heavy (non-hydrogen) atoms. The van der Waals surface area contributed by atoms with E-state index in [0.29, 0.717) is 13.0 Å². The van der Waals surface area contributed by atoms with Crippen molar-refractivity contribution in [3.63, 3.8) is 0 Å². The highest BCUT2D eigenvalue weighted by Crippen LogP contribution is 2.06. The van der Waals surface area contributed by atoms with Crippen molar-refractivity contribution in [1.29, 1.82) is 0 Å². The summed E-state index contributed by atoms with van der Waals surface area (Å²) in [6, 6.07) is 8.92. The maximum atomic E-state index is 12.1. The monoisotopic (exact) mass is 323 g/mol. The van der Waals surface area contributed by atoms with Crippen LogP contribution in [0.3, 0.4) is 0 Å². The third-order valence-corrected chi connectivity index (χ3v) is 3.64. The summed E-state index contributed by atoms with van der Waals surface area (Å²) in [5.74, 6) is 0.584. The Bertz CT molecular complexity index is 462. The van der Waals surface area contributed by atoms with Crippen LogP contribution in [0.15, 0.2) is 30.3 Å². The third-order valence-electron chi connectivity index (χ3n) is 3.00. The molecule has 0 aromatic heterocycles. The molecule has 4 nitrogen and oxygen atoms in total. The number of ether oxygens (including phenoxy) is 1. The fourth-order valence-electron chi connectivity index (χ4n) is 1.86. The van der Waals surface area contributed by atoms with E-state index >= 15 is 0 Å². The lowest BCUT2D eigenvalue weighted by Gasteiger charge is -2.18. The molecule has 0 fully saturated rings. The van der Waals surface area contributed by atoms with Gasteiger partial charge in [0.25, 0.3) is 0 Å². The first-order valence-electron chi connectivity index (χ1n) is 7.51. The van der Waals surface area contributed by atoms with Gasteiger partial charge in [0.1, 0.15) is 6.04 Å². The van der Waals surface area contributed by atoms with Crippen LogP contribution in [0, 0.1) is 5.92 Å². The average Bonchev–Trinajstić information content (AvgIpc) is 2.50. The summed E-state index contributed by atoms with van der Waals surface area (Å²) in [7, 11) is 0. The van der Waals surface area contributed by atoms with Gasteiger partial charge in [-0.05, 0) is 29.9 Å². The van der Waals surface area contributed by atoms with E-state index < -0.39 is 6.04 Å². The zero-order valence-electron chi connectivity index (χ0n) is 13.5. The van der Waals surface area contributed by atoms with Gasteiger partial charge in [-0.1, -0.05) is 44.2 Å². The predicted molar refractivity (Wildman–Crippen MR) is 90.9 cm³/mol. The second-order valence-corrected chi connectivity index (χ2v) is 6.57. The normalized spacial score (nSPS) is 12.0. The zero-order valence-corrected chi connectivity index (χ0v) is 14.3. The van der Waals surface area contributed by atoms with Crippen LogP contribution in [0.25, 0.3) is 0 Å². The van der Waals surface area contributed by atoms with E-state index in [-0.39, 0.29) is 24.2 Å². The number of esters is 1. The Morgan fingerprint density at radius 2 is 1.91 bits per heavy atom. The van der Waals surface area contributed by atoms with Gasteiger partial charge in [-0.25, -0.2) is 4.79 Å². The molecule has 1 amide bonds. The summed E-state index contributed by atoms with van der Waals surface area (Å²) in [4.78, 5) is 24.2. The zero-order chi connectivity index (χ0) is 16.4. The van der Waals surface area contributed by atoms with Gasteiger partial charge < -0.3 is 10.1 Å². The van der Waals surface area contributed by atoms with Crippen molar-refractivity contribution in [3.8, 4) is 0 Å². The van der Waals surface area contributed by atoms with Crippen LogP contribution in [-0.2, 0) is 20.7 Å². The van der Waals surface area contributed by atoms with Gasteiger partial charge in [-0.15, -0.1) is 0 Å². The summed E-state index contributed by atoms with van der Waals surface area (Å²) in [5, 5.41) is 2.80. The number of thioether (sulfide) groups is 1. The Kier molecular flexibility index (Phi) is 8.67. The topological polar surface area (TPSA) is 55.4 Å². The predicted octanol–water partition coefficient (Wildman–Crippen LogP) is 2.67. The molecule has 0 saturated heterocycles. The van der Waals surface area contributed by atoms with Crippen LogP contribution in [0.4, 0.5) is 0 Å². The molecule has 1 atom stereocenters. The van der Waals surface area contributed by atoms with Crippen molar-refractivity contribution in [2.75, 3.05) is 18.6 Å². The SMILES string of the molecule is CSCC[C@H](NC(=O)Cc1ccccc1)C(=O)OCC(C)C. The molecule has 0 bridgehead atoms. The van der Waals surface area contributed by atoms with Crippen LogP contribution in [0.5, 0.6) is 0 Å². The average molecular weight is 323 g/mol. The summed E-state index contributed by atoms with van der Waals surface area (Å²) in [6.45, 7) is 4.35. The Morgan fingerprint density at radius 1 is 1.23 bits per heavy atom. The maximum Gasteiger partial charge on any atom is 0.328 e. The van der Waals surface area contributed by atoms with Gasteiger partial charge in [0.05, 0.1) is 13.0 Å². The van der Waals surface area contributed by atoms with Crippen LogP contribution in [-0.4, -0.2) is 36.5 Å². The fraction of sp³-hybridized carbons (Fsp3) is 0.529. The second kappa shape index (κ2) is 10.3. The molecular formula is C17H25NO3S. The number of benzene rings is 1. The van der Waals surface area contributed by atoms with E-state index in [2.05, 4.69) is 5.32 Å². The van der Waals surface area contributed by atoms with Crippen molar-refractivity contribution in [1.82, 2.24) is 5.32 Å². The van der Waals surface area contributed by atoms with Gasteiger partial charge in [0.2, 0.25) is 5.91 Å². The Morgan fingerprint density at radius 3 is 2.50 bits per heavy atom. The number of hydrogen-bond acceptors (Lipinski definition) is 4. The van der Waals surface area contributed by atoms with Gasteiger partial charge in [0, 0.05) is 0 Å². The molecule has 1 aromatic rings. The van der Waals surface area contributed by atoms with Crippen molar-refractivity contribution in [2.45, 2.75) is 32.7 Å². The molecule has 0 radical (unpaired) electrons. The van der Waals surface area contributed by atoms with Gasteiger partial charge in [-0.3, -0.25) is 4.79 Å². The lowest BCUT2D eigenvalue weighted by atomic mass is 10.1. The molecule has 0 aliphatic heterocycles. The first-order valence-corrected chi connectivity index (χ1v) is 8.91. The molecule has 0 heterocycles. The quantitative estimate of drug-likeness (QED) is 0.710. The van der Waals surface area contributed by atoms with Crippen molar-refractivity contribution >= 4 is 23.6 Å². The second-order valence-electron chi connectivity index (χ2n) is 5.59. The van der Waals surface area contributed by atoms with Gasteiger partial charge in [-0.2, -0.15) is 11.8 Å². The molecular weight excluding hydrogens is 298 g/mol. The van der Waals surface area contributed by atoms with E-state index in [1.54, 1.807) is 11.8 Å². The molecule has 5 heteroatoms. The summed E-state index contributed by atoms with van der Waals surface area (Å²) in [5.41, 5.74) is 0.930. The maximum absolute atomic E-state index is 12.1. The number of amides is 1. The van der Waals surface area contributed by atoms with E-state index in [9.17, 15) is 9.59 Å². The molecule has 1 aromatic carbocycles. The van der Waals surface area contributed by atoms with E-state index in [0.717, 1.165) is 11.3 Å². The Balaban J connectivity index is 2.55. The number of carbonyl (C=O) groups excluding carboxylic acids is 2. The minimum Gasteiger partial charge on any atom is -0.464 e. The minimum absolute atomic E-state index is 0.154. The molecule has 122 valence electrons. The van der Waals surface area contributed by atoms with Crippen LogP contribution >= 0.6 is 11.8 Å².